The molecule has 2 aromatic rings. The summed E-state index contributed by atoms with van der Waals surface area (Å²) < 4.78 is 26.7. The molecule has 9 heteroatoms. The zero-order chi connectivity index (χ0) is 23.6. The average molecular weight is 471 g/mol. The fraction of sp³-hybridized carbons (Fsp3) is 0.417. The van der Waals surface area contributed by atoms with Gasteiger partial charge in [-0.2, -0.15) is 4.31 Å². The summed E-state index contributed by atoms with van der Waals surface area (Å²) in [7, 11) is -3.78. The molecule has 0 spiro atoms. The molecule has 176 valence electrons. The van der Waals surface area contributed by atoms with E-state index in [-0.39, 0.29) is 36.3 Å². The van der Waals surface area contributed by atoms with Gasteiger partial charge in [-0.3, -0.25) is 14.5 Å². The van der Waals surface area contributed by atoms with Gasteiger partial charge >= 0.3 is 0 Å². The molecule has 2 amide bonds. The van der Waals surface area contributed by atoms with Crippen molar-refractivity contribution < 1.29 is 18.0 Å². The Hall–Kier alpha value is -2.75. The highest BCUT2D eigenvalue weighted by Crippen LogP contribution is 2.28. The number of anilines is 1. The van der Waals surface area contributed by atoms with E-state index in [0.29, 0.717) is 11.6 Å². The molecule has 2 aliphatic heterocycles. The van der Waals surface area contributed by atoms with Gasteiger partial charge in [-0.25, -0.2) is 8.42 Å². The molecule has 1 atom stereocenters. The minimum Gasteiger partial charge on any atom is -0.354 e. The van der Waals surface area contributed by atoms with Crippen molar-refractivity contribution in [3.05, 3.63) is 59.2 Å². The monoisotopic (exact) mass is 470 g/mol. The minimum atomic E-state index is -3.78. The van der Waals surface area contributed by atoms with Crippen molar-refractivity contribution in [2.24, 2.45) is 0 Å². The van der Waals surface area contributed by atoms with Gasteiger partial charge < -0.3 is 10.6 Å². The average Bonchev–Trinajstić information content (AvgIpc) is 3.23. The van der Waals surface area contributed by atoms with E-state index in [0.717, 1.165) is 35.9 Å². The van der Waals surface area contributed by atoms with Gasteiger partial charge in [-0.15, -0.1) is 0 Å². The van der Waals surface area contributed by atoms with E-state index in [1.54, 1.807) is 0 Å². The van der Waals surface area contributed by atoms with Crippen LogP contribution < -0.4 is 10.6 Å². The van der Waals surface area contributed by atoms with Crippen LogP contribution in [0.2, 0.25) is 0 Å². The molecular weight excluding hydrogens is 440 g/mol. The Morgan fingerprint density at radius 1 is 1.09 bits per heavy atom. The molecule has 4 rings (SSSR count). The van der Waals surface area contributed by atoms with Crippen LogP contribution in [0.25, 0.3) is 0 Å². The summed E-state index contributed by atoms with van der Waals surface area (Å²) in [5.41, 5.74) is 3.60. The number of benzene rings is 2. The summed E-state index contributed by atoms with van der Waals surface area (Å²) in [6.07, 6.45) is 2.32. The maximum absolute atomic E-state index is 12.8. The minimum absolute atomic E-state index is 0.0626. The van der Waals surface area contributed by atoms with E-state index in [1.165, 1.54) is 35.4 Å². The highest BCUT2D eigenvalue weighted by atomic mass is 32.2. The molecule has 0 aromatic heterocycles. The van der Waals surface area contributed by atoms with Crippen LogP contribution in [0, 0.1) is 0 Å². The Bertz CT molecular complexity index is 1150. The van der Waals surface area contributed by atoms with Crippen LogP contribution in [-0.2, 0) is 27.9 Å². The SMILES string of the molecule is CCC[C@@H](C)N1Cc2ccc(NC(=O)c3ccc(S(=O)(=O)N4CCNC(=O)C4)cc3)cc2C1. The van der Waals surface area contributed by atoms with Gasteiger partial charge in [0.25, 0.3) is 5.91 Å². The summed E-state index contributed by atoms with van der Waals surface area (Å²) in [5.74, 6) is -0.622. The molecule has 0 aliphatic carbocycles. The van der Waals surface area contributed by atoms with E-state index >= 15 is 0 Å². The summed E-state index contributed by atoms with van der Waals surface area (Å²) in [6.45, 7) is 6.57. The molecule has 0 unspecified atom stereocenters. The van der Waals surface area contributed by atoms with Gasteiger partial charge in [0, 0.05) is 43.5 Å². The third kappa shape index (κ3) is 5.10. The quantitative estimate of drug-likeness (QED) is 0.648. The molecule has 1 saturated heterocycles. The smallest absolute Gasteiger partial charge is 0.255 e. The highest BCUT2D eigenvalue weighted by Gasteiger charge is 2.29. The van der Waals surface area contributed by atoms with Gasteiger partial charge in [0.2, 0.25) is 15.9 Å². The standard InChI is InChI=1S/C24H30N4O4S/c1-3-4-17(2)27-14-19-5-8-21(13-20(19)15-27)26-24(30)18-6-9-22(10-7-18)33(31,32)28-12-11-25-23(29)16-28/h5-10,13,17H,3-4,11-12,14-16H2,1-2H3,(H,25,29)(H,26,30)/t17-/m1/s1. The summed E-state index contributed by atoms with van der Waals surface area (Å²) in [5, 5.41) is 5.53. The second kappa shape index (κ2) is 9.62. The fourth-order valence-corrected chi connectivity index (χ4v) is 5.76. The summed E-state index contributed by atoms with van der Waals surface area (Å²) in [6, 6.07) is 12.3. The van der Waals surface area contributed by atoms with E-state index in [2.05, 4.69) is 35.4 Å². The molecule has 0 saturated carbocycles. The van der Waals surface area contributed by atoms with Crippen LogP contribution in [0.1, 0.15) is 48.2 Å². The predicted molar refractivity (Wildman–Crippen MR) is 126 cm³/mol. The van der Waals surface area contributed by atoms with Gasteiger partial charge in [0.05, 0.1) is 11.4 Å². The summed E-state index contributed by atoms with van der Waals surface area (Å²) >= 11 is 0. The van der Waals surface area contributed by atoms with Crippen molar-refractivity contribution in [3.63, 3.8) is 0 Å². The zero-order valence-corrected chi connectivity index (χ0v) is 19.8. The van der Waals surface area contributed by atoms with Crippen LogP contribution in [0.15, 0.2) is 47.4 Å². The van der Waals surface area contributed by atoms with Gasteiger partial charge in [-0.1, -0.05) is 19.4 Å². The molecular formula is C24H30N4O4S. The first-order chi connectivity index (χ1) is 15.8. The van der Waals surface area contributed by atoms with Crippen molar-refractivity contribution in [3.8, 4) is 0 Å². The molecule has 2 heterocycles. The lowest BCUT2D eigenvalue weighted by Crippen LogP contribution is -2.49. The lowest BCUT2D eigenvalue weighted by molar-refractivity contribution is -0.122. The zero-order valence-electron chi connectivity index (χ0n) is 19.0. The maximum Gasteiger partial charge on any atom is 0.255 e. The number of sulfonamides is 1. The van der Waals surface area contributed by atoms with E-state index in [4.69, 9.17) is 0 Å². The van der Waals surface area contributed by atoms with Crippen LogP contribution in [0.5, 0.6) is 0 Å². The number of fused-ring (bicyclic) bond motifs is 1. The van der Waals surface area contributed by atoms with Crippen molar-refractivity contribution in [1.29, 1.82) is 0 Å². The van der Waals surface area contributed by atoms with E-state index in [9.17, 15) is 18.0 Å². The number of nitrogens with one attached hydrogen (secondary N) is 2. The Balaban J connectivity index is 1.42. The first kappa shape index (κ1) is 23.4. The molecule has 2 N–H and O–H groups in total. The summed E-state index contributed by atoms with van der Waals surface area (Å²) in [4.78, 5) is 26.8. The number of rotatable bonds is 7. The molecule has 2 aliphatic rings. The maximum atomic E-state index is 12.8. The van der Waals surface area contributed by atoms with Crippen LogP contribution >= 0.6 is 0 Å². The van der Waals surface area contributed by atoms with Crippen molar-refractivity contribution in [2.45, 2.75) is 50.7 Å². The van der Waals surface area contributed by atoms with Crippen LogP contribution in [0.4, 0.5) is 5.69 Å². The molecule has 33 heavy (non-hydrogen) atoms. The Morgan fingerprint density at radius 3 is 2.52 bits per heavy atom. The van der Waals surface area contributed by atoms with Gasteiger partial charge in [-0.05, 0) is 60.9 Å². The third-order valence-electron chi connectivity index (χ3n) is 6.30. The molecule has 0 bridgehead atoms. The van der Waals surface area contributed by atoms with Crippen molar-refractivity contribution in [2.75, 3.05) is 25.0 Å². The molecule has 2 aromatic carbocycles. The Morgan fingerprint density at radius 2 is 1.82 bits per heavy atom. The first-order valence-electron chi connectivity index (χ1n) is 11.3. The number of carbonyl (C=O) groups excluding carboxylic acids is 2. The van der Waals surface area contributed by atoms with Gasteiger partial charge in [0.15, 0.2) is 0 Å². The van der Waals surface area contributed by atoms with Crippen molar-refractivity contribution >= 4 is 27.5 Å². The number of piperazine rings is 1. The second-order valence-electron chi connectivity index (χ2n) is 8.69. The molecule has 8 nitrogen and oxygen atoms in total. The van der Waals surface area contributed by atoms with Gasteiger partial charge in [0.1, 0.15) is 0 Å². The number of amides is 2. The van der Waals surface area contributed by atoms with Crippen molar-refractivity contribution in [1.82, 2.24) is 14.5 Å². The Labute approximate surface area is 195 Å². The van der Waals surface area contributed by atoms with E-state index < -0.39 is 10.0 Å². The first-order valence-corrected chi connectivity index (χ1v) is 12.8. The number of hydrogen-bond acceptors (Lipinski definition) is 5. The predicted octanol–water partition coefficient (Wildman–Crippen LogP) is 2.56. The highest BCUT2D eigenvalue weighted by molar-refractivity contribution is 7.89. The number of carbonyl (C=O) groups is 2. The number of hydrogen-bond donors (Lipinski definition) is 2. The largest absolute Gasteiger partial charge is 0.354 e. The lowest BCUT2D eigenvalue weighted by atomic mass is 10.1. The van der Waals surface area contributed by atoms with Crippen LogP contribution in [0.3, 0.4) is 0 Å². The fourth-order valence-electron chi connectivity index (χ4n) is 4.36. The molecule has 1 fully saturated rings. The Kier molecular flexibility index (Phi) is 6.83. The molecule has 0 radical (unpaired) electrons. The second-order valence-corrected chi connectivity index (χ2v) is 10.6. The van der Waals surface area contributed by atoms with Crippen LogP contribution in [-0.4, -0.2) is 55.1 Å². The topological polar surface area (TPSA) is 98.8 Å². The third-order valence-corrected chi connectivity index (χ3v) is 8.16. The van der Waals surface area contributed by atoms with E-state index in [1.807, 2.05) is 12.1 Å². The number of nitrogens with zero attached hydrogens (tertiary/aromatic N) is 2. The lowest BCUT2D eigenvalue weighted by Gasteiger charge is -2.25. The normalized spacial score (nSPS) is 17.9.